The first-order chi connectivity index (χ1) is 12.1. The van der Waals surface area contributed by atoms with Gasteiger partial charge in [-0.1, -0.05) is 64.7 Å². The number of hydrogen-bond acceptors (Lipinski definition) is 4. The van der Waals surface area contributed by atoms with E-state index in [0.29, 0.717) is 12.1 Å². The van der Waals surface area contributed by atoms with Crippen molar-refractivity contribution in [3.05, 3.63) is 0 Å². The monoisotopic (exact) mass is 356 g/mol. The Morgan fingerprint density at radius 2 is 1.12 bits per heavy atom. The molecule has 0 aromatic rings. The molecule has 3 atom stereocenters. The van der Waals surface area contributed by atoms with E-state index in [1.54, 1.807) is 0 Å². The van der Waals surface area contributed by atoms with Crippen LogP contribution in [0.3, 0.4) is 0 Å². The molecule has 0 aromatic heterocycles. The van der Waals surface area contributed by atoms with E-state index in [9.17, 15) is 0 Å². The third-order valence-corrected chi connectivity index (χ3v) is 4.72. The summed E-state index contributed by atoms with van der Waals surface area (Å²) in [7, 11) is 0. The average molecular weight is 357 g/mol. The van der Waals surface area contributed by atoms with Crippen LogP contribution in [0.25, 0.3) is 0 Å². The van der Waals surface area contributed by atoms with Crippen LogP contribution in [-0.4, -0.2) is 44.3 Å². The topological polar surface area (TPSA) is 62.1 Å². The fraction of sp³-hybridized carbons (Fsp3) is 1.00. The predicted molar refractivity (Wildman–Crippen MR) is 113 cm³/mol. The summed E-state index contributed by atoms with van der Waals surface area (Å²) in [4.78, 5) is 0. The van der Waals surface area contributed by atoms with Crippen LogP contribution < -0.4 is 21.7 Å². The van der Waals surface area contributed by atoms with E-state index in [1.165, 1.54) is 64.2 Å². The summed E-state index contributed by atoms with van der Waals surface area (Å²) in [6, 6.07) is 1.21. The molecule has 3 unspecified atom stereocenters. The van der Waals surface area contributed by atoms with Crippen molar-refractivity contribution in [1.82, 2.24) is 16.0 Å². The Morgan fingerprint density at radius 3 is 1.68 bits per heavy atom. The van der Waals surface area contributed by atoms with E-state index < -0.39 is 0 Å². The molecule has 0 spiro atoms. The molecule has 0 saturated carbocycles. The van der Waals surface area contributed by atoms with Crippen LogP contribution in [-0.2, 0) is 0 Å². The number of hydrogen-bond donors (Lipinski definition) is 4. The van der Waals surface area contributed by atoms with Crippen molar-refractivity contribution < 1.29 is 0 Å². The molecule has 0 aliphatic carbocycles. The van der Waals surface area contributed by atoms with Crippen LogP contribution in [0.5, 0.6) is 0 Å². The zero-order valence-electron chi connectivity index (χ0n) is 17.7. The van der Waals surface area contributed by atoms with Gasteiger partial charge in [-0.3, -0.25) is 0 Å². The third-order valence-electron chi connectivity index (χ3n) is 4.72. The molecule has 0 aliphatic rings. The fourth-order valence-electron chi connectivity index (χ4n) is 2.97. The summed E-state index contributed by atoms with van der Waals surface area (Å²) < 4.78 is 0. The highest BCUT2D eigenvalue weighted by Crippen LogP contribution is 2.10. The summed E-state index contributed by atoms with van der Waals surface area (Å²) in [6.07, 6.45) is 14.1. The molecule has 4 heteroatoms. The first kappa shape index (κ1) is 24.8. The van der Waals surface area contributed by atoms with Gasteiger partial charge in [0.25, 0.3) is 0 Å². The van der Waals surface area contributed by atoms with E-state index in [4.69, 9.17) is 5.73 Å². The van der Waals surface area contributed by atoms with Gasteiger partial charge in [0, 0.05) is 37.8 Å². The largest absolute Gasteiger partial charge is 0.327 e. The van der Waals surface area contributed by atoms with Gasteiger partial charge in [0.05, 0.1) is 0 Å². The minimum atomic E-state index is 0.225. The maximum atomic E-state index is 5.76. The molecule has 0 heterocycles. The molecule has 0 saturated heterocycles. The van der Waals surface area contributed by atoms with Crippen molar-refractivity contribution >= 4 is 0 Å². The van der Waals surface area contributed by atoms with E-state index in [0.717, 1.165) is 26.2 Å². The minimum Gasteiger partial charge on any atom is -0.327 e. The zero-order valence-corrected chi connectivity index (χ0v) is 17.7. The van der Waals surface area contributed by atoms with Crippen molar-refractivity contribution in [2.24, 2.45) is 5.73 Å². The van der Waals surface area contributed by atoms with Gasteiger partial charge in [0.15, 0.2) is 0 Å². The second-order valence-electron chi connectivity index (χ2n) is 7.98. The second kappa shape index (κ2) is 18.6. The molecule has 0 rings (SSSR count). The minimum absolute atomic E-state index is 0.225. The molecule has 152 valence electrons. The second-order valence-corrected chi connectivity index (χ2v) is 7.98. The van der Waals surface area contributed by atoms with Crippen molar-refractivity contribution in [1.29, 1.82) is 0 Å². The lowest BCUT2D eigenvalue weighted by molar-refractivity contribution is 0.435. The van der Waals surface area contributed by atoms with E-state index in [-0.39, 0.29) is 6.04 Å². The van der Waals surface area contributed by atoms with Crippen molar-refractivity contribution in [3.8, 4) is 0 Å². The maximum absolute atomic E-state index is 5.76. The van der Waals surface area contributed by atoms with Gasteiger partial charge in [-0.05, 0) is 33.7 Å². The highest BCUT2D eigenvalue weighted by Gasteiger charge is 2.05. The summed E-state index contributed by atoms with van der Waals surface area (Å²) in [5.41, 5.74) is 5.76. The predicted octanol–water partition coefficient (Wildman–Crippen LogP) is 3.80. The molecule has 0 amide bonds. The summed E-state index contributed by atoms with van der Waals surface area (Å²) in [6.45, 7) is 12.9. The SMILES string of the molecule is CCCCCCCCCCCCNCC(C)NCC(C)NCC(C)N. The van der Waals surface area contributed by atoms with Gasteiger partial charge in [-0.15, -0.1) is 0 Å². The van der Waals surface area contributed by atoms with Crippen LogP contribution in [0.1, 0.15) is 91.9 Å². The van der Waals surface area contributed by atoms with Gasteiger partial charge in [0.2, 0.25) is 0 Å². The van der Waals surface area contributed by atoms with E-state index in [2.05, 4.69) is 36.7 Å². The molecular formula is C21H48N4. The standard InChI is InChI=1S/C21H48N4/c1-5-6-7-8-9-10-11-12-13-14-15-23-17-20(3)25-18-21(4)24-16-19(2)22/h19-21,23-25H,5-18,22H2,1-4H3. The average Bonchev–Trinajstić information content (AvgIpc) is 2.59. The Morgan fingerprint density at radius 1 is 0.640 bits per heavy atom. The molecule has 25 heavy (non-hydrogen) atoms. The lowest BCUT2D eigenvalue weighted by atomic mass is 10.1. The Labute approximate surface area is 158 Å². The molecular weight excluding hydrogens is 308 g/mol. The lowest BCUT2D eigenvalue weighted by Crippen LogP contribution is -2.45. The fourth-order valence-corrected chi connectivity index (χ4v) is 2.97. The quantitative estimate of drug-likeness (QED) is 0.266. The molecule has 0 bridgehead atoms. The van der Waals surface area contributed by atoms with Gasteiger partial charge in [-0.2, -0.15) is 0 Å². The van der Waals surface area contributed by atoms with Gasteiger partial charge in [0.1, 0.15) is 0 Å². The van der Waals surface area contributed by atoms with Gasteiger partial charge < -0.3 is 21.7 Å². The Balaban J connectivity index is 3.25. The Kier molecular flexibility index (Phi) is 18.5. The first-order valence-electron chi connectivity index (χ1n) is 11.0. The van der Waals surface area contributed by atoms with E-state index in [1.807, 2.05) is 6.92 Å². The zero-order chi connectivity index (χ0) is 18.8. The van der Waals surface area contributed by atoms with Crippen molar-refractivity contribution in [2.75, 3.05) is 26.2 Å². The smallest absolute Gasteiger partial charge is 0.0164 e. The maximum Gasteiger partial charge on any atom is 0.0164 e. The number of nitrogens with two attached hydrogens (primary N) is 1. The normalized spacial score (nSPS) is 15.2. The first-order valence-corrected chi connectivity index (χ1v) is 11.0. The van der Waals surface area contributed by atoms with E-state index >= 15 is 0 Å². The van der Waals surface area contributed by atoms with Gasteiger partial charge >= 0.3 is 0 Å². The molecule has 4 nitrogen and oxygen atoms in total. The molecule has 0 aliphatic heterocycles. The van der Waals surface area contributed by atoms with Crippen LogP contribution in [0.2, 0.25) is 0 Å². The van der Waals surface area contributed by atoms with Gasteiger partial charge in [-0.25, -0.2) is 0 Å². The number of unbranched alkanes of at least 4 members (excludes halogenated alkanes) is 9. The summed E-state index contributed by atoms with van der Waals surface area (Å²) in [5, 5.41) is 10.6. The third kappa shape index (κ3) is 20.0. The van der Waals surface area contributed by atoms with Crippen molar-refractivity contribution in [3.63, 3.8) is 0 Å². The highest BCUT2D eigenvalue weighted by molar-refractivity contribution is 4.71. The van der Waals surface area contributed by atoms with Crippen LogP contribution in [0, 0.1) is 0 Å². The lowest BCUT2D eigenvalue weighted by Gasteiger charge is -2.20. The molecule has 0 aromatic carbocycles. The summed E-state index contributed by atoms with van der Waals surface area (Å²) >= 11 is 0. The van der Waals surface area contributed by atoms with Crippen molar-refractivity contribution in [2.45, 2.75) is 110 Å². The number of rotatable bonds is 19. The Hall–Kier alpha value is -0.160. The van der Waals surface area contributed by atoms with Crippen LogP contribution in [0.4, 0.5) is 0 Å². The van der Waals surface area contributed by atoms with Crippen LogP contribution in [0.15, 0.2) is 0 Å². The molecule has 0 fully saturated rings. The van der Waals surface area contributed by atoms with Crippen LogP contribution >= 0.6 is 0 Å². The molecule has 0 radical (unpaired) electrons. The summed E-state index contributed by atoms with van der Waals surface area (Å²) in [5.74, 6) is 0. The highest BCUT2D eigenvalue weighted by atomic mass is 15.0. The number of nitrogens with one attached hydrogen (secondary N) is 3. The molecule has 5 N–H and O–H groups in total. The Bertz CT molecular complexity index is 258.